The Hall–Kier alpha value is -1.38. The molecule has 8 heteroatoms. The fourth-order valence-corrected chi connectivity index (χ4v) is 1.82. The number of carboxylic acids is 1. The molecule has 0 aromatic carbocycles. The van der Waals surface area contributed by atoms with E-state index in [4.69, 9.17) is 14.9 Å². The van der Waals surface area contributed by atoms with E-state index in [2.05, 4.69) is 10.2 Å². The number of hydrogen-bond donors (Lipinski definition) is 3. The number of nitrogens with one attached hydrogen (secondary N) is 1. The highest BCUT2D eigenvalue weighted by Gasteiger charge is 2.20. The third kappa shape index (κ3) is 6.37. The molecule has 110 valence electrons. The summed E-state index contributed by atoms with van der Waals surface area (Å²) in [5.74, 6) is -1.02. The number of rotatable bonds is 7. The van der Waals surface area contributed by atoms with Gasteiger partial charge in [-0.1, -0.05) is 0 Å². The molecular weight excluding hydrogens is 254 g/mol. The number of aliphatic hydroxyl groups is 1. The number of carbonyl (C=O) groups is 2. The minimum absolute atomic E-state index is 0.132. The van der Waals surface area contributed by atoms with Gasteiger partial charge in [-0.05, 0) is 0 Å². The molecule has 19 heavy (non-hydrogen) atoms. The molecule has 0 radical (unpaired) electrons. The molecule has 2 amide bonds. The summed E-state index contributed by atoms with van der Waals surface area (Å²) >= 11 is 0. The molecule has 1 fully saturated rings. The van der Waals surface area contributed by atoms with Crippen LogP contribution in [0.3, 0.4) is 0 Å². The lowest BCUT2D eigenvalue weighted by atomic mass is 10.3. The largest absolute Gasteiger partial charge is 0.480 e. The van der Waals surface area contributed by atoms with Crippen LogP contribution in [0, 0.1) is 0 Å². The zero-order chi connectivity index (χ0) is 14.1. The Morgan fingerprint density at radius 3 is 2.47 bits per heavy atom. The molecular formula is C11H21N3O5. The Balaban J connectivity index is 2.09. The van der Waals surface area contributed by atoms with E-state index in [-0.39, 0.29) is 25.9 Å². The van der Waals surface area contributed by atoms with Crippen molar-refractivity contribution in [3.05, 3.63) is 0 Å². The van der Waals surface area contributed by atoms with Gasteiger partial charge >= 0.3 is 12.0 Å². The lowest BCUT2D eigenvalue weighted by Gasteiger charge is -2.34. The molecule has 1 heterocycles. The first-order valence-electron chi connectivity index (χ1n) is 6.29. The van der Waals surface area contributed by atoms with E-state index >= 15 is 0 Å². The quantitative estimate of drug-likeness (QED) is 0.484. The molecule has 1 aliphatic heterocycles. The Kier molecular flexibility index (Phi) is 7.16. The molecule has 0 unspecified atom stereocenters. The standard InChI is InChI=1S/C11H21N3O5/c15-7-6-13-2-4-14(5-3-13)11(18)12-1-8-19-9-10(16)17/h15H,1-9H2,(H,12,18)(H,16,17). The summed E-state index contributed by atoms with van der Waals surface area (Å²) in [5.41, 5.74) is 0. The highest BCUT2D eigenvalue weighted by molar-refractivity contribution is 5.74. The molecule has 1 aliphatic rings. The first-order chi connectivity index (χ1) is 9.13. The number of ether oxygens (including phenoxy) is 1. The molecule has 0 bridgehead atoms. The monoisotopic (exact) mass is 275 g/mol. The van der Waals surface area contributed by atoms with Gasteiger partial charge in [-0.25, -0.2) is 9.59 Å². The molecule has 1 saturated heterocycles. The minimum atomic E-state index is -1.02. The van der Waals surface area contributed by atoms with Crippen molar-refractivity contribution in [1.82, 2.24) is 15.1 Å². The van der Waals surface area contributed by atoms with Crippen LogP contribution in [0.2, 0.25) is 0 Å². The van der Waals surface area contributed by atoms with Crippen LogP contribution in [-0.2, 0) is 9.53 Å². The van der Waals surface area contributed by atoms with Gasteiger partial charge in [0.2, 0.25) is 0 Å². The number of nitrogens with zero attached hydrogens (tertiary/aromatic N) is 2. The van der Waals surface area contributed by atoms with Crippen molar-refractivity contribution in [1.29, 1.82) is 0 Å². The van der Waals surface area contributed by atoms with Crippen molar-refractivity contribution >= 4 is 12.0 Å². The van der Waals surface area contributed by atoms with Gasteiger partial charge in [0.25, 0.3) is 0 Å². The predicted molar refractivity (Wildman–Crippen MR) is 67.0 cm³/mol. The summed E-state index contributed by atoms with van der Waals surface area (Å²) in [6.45, 7) is 3.66. The average Bonchev–Trinajstić information content (AvgIpc) is 2.39. The van der Waals surface area contributed by atoms with Gasteiger partial charge in [0.1, 0.15) is 6.61 Å². The van der Waals surface area contributed by atoms with E-state index in [1.807, 2.05) is 0 Å². The summed E-state index contributed by atoms with van der Waals surface area (Å²) < 4.78 is 4.81. The fourth-order valence-electron chi connectivity index (χ4n) is 1.82. The second kappa shape index (κ2) is 8.68. The summed E-state index contributed by atoms with van der Waals surface area (Å²) in [7, 11) is 0. The summed E-state index contributed by atoms with van der Waals surface area (Å²) in [5, 5.41) is 19.8. The molecule has 3 N–H and O–H groups in total. The second-order valence-electron chi connectivity index (χ2n) is 4.23. The van der Waals surface area contributed by atoms with E-state index < -0.39 is 5.97 Å². The average molecular weight is 275 g/mol. The van der Waals surface area contributed by atoms with E-state index in [9.17, 15) is 9.59 Å². The normalized spacial score (nSPS) is 16.4. The van der Waals surface area contributed by atoms with Gasteiger partial charge in [0.05, 0.1) is 13.2 Å². The Labute approximate surface area is 111 Å². The van der Waals surface area contributed by atoms with Crippen LogP contribution in [0.1, 0.15) is 0 Å². The van der Waals surface area contributed by atoms with Crippen molar-refractivity contribution in [3.63, 3.8) is 0 Å². The van der Waals surface area contributed by atoms with Crippen LogP contribution in [0.25, 0.3) is 0 Å². The molecule has 0 spiro atoms. The van der Waals surface area contributed by atoms with Crippen LogP contribution < -0.4 is 5.32 Å². The zero-order valence-corrected chi connectivity index (χ0v) is 10.9. The van der Waals surface area contributed by atoms with Crippen LogP contribution in [-0.4, -0.2) is 91.1 Å². The maximum atomic E-state index is 11.7. The number of aliphatic carboxylic acids is 1. The maximum Gasteiger partial charge on any atom is 0.329 e. The van der Waals surface area contributed by atoms with Crippen LogP contribution in [0.15, 0.2) is 0 Å². The van der Waals surface area contributed by atoms with Crippen LogP contribution >= 0.6 is 0 Å². The summed E-state index contributed by atoms with van der Waals surface area (Å²) in [4.78, 5) is 25.7. The lowest BCUT2D eigenvalue weighted by molar-refractivity contribution is -0.142. The lowest BCUT2D eigenvalue weighted by Crippen LogP contribution is -2.52. The van der Waals surface area contributed by atoms with E-state index in [0.717, 1.165) is 13.1 Å². The van der Waals surface area contributed by atoms with Gasteiger partial charge in [-0.15, -0.1) is 0 Å². The number of aliphatic hydroxyl groups excluding tert-OH is 1. The van der Waals surface area contributed by atoms with Gasteiger partial charge < -0.3 is 25.2 Å². The highest BCUT2D eigenvalue weighted by atomic mass is 16.5. The number of piperazine rings is 1. The second-order valence-corrected chi connectivity index (χ2v) is 4.23. The maximum absolute atomic E-state index is 11.7. The predicted octanol–water partition coefficient (Wildman–Crippen LogP) is -1.59. The molecule has 8 nitrogen and oxygen atoms in total. The Morgan fingerprint density at radius 2 is 1.89 bits per heavy atom. The van der Waals surface area contributed by atoms with Gasteiger partial charge in [-0.2, -0.15) is 0 Å². The van der Waals surface area contributed by atoms with Gasteiger partial charge in [0.15, 0.2) is 0 Å². The zero-order valence-electron chi connectivity index (χ0n) is 10.9. The molecule has 0 aromatic heterocycles. The molecule has 0 atom stereocenters. The number of β-amino-alcohol motifs (C(OH)–C–C–N with tert-alkyl or cyclic N) is 1. The minimum Gasteiger partial charge on any atom is -0.480 e. The summed E-state index contributed by atoms with van der Waals surface area (Å²) in [6, 6.07) is -0.164. The SMILES string of the molecule is O=C(O)COCCNC(=O)N1CCN(CCO)CC1. The number of carbonyl (C=O) groups excluding carboxylic acids is 1. The number of urea groups is 1. The first-order valence-corrected chi connectivity index (χ1v) is 6.29. The van der Waals surface area contributed by atoms with Gasteiger partial charge in [-0.3, -0.25) is 4.90 Å². The molecule has 1 rings (SSSR count). The van der Waals surface area contributed by atoms with Crippen molar-refractivity contribution < 1.29 is 24.5 Å². The van der Waals surface area contributed by atoms with Crippen molar-refractivity contribution in [2.75, 3.05) is 59.1 Å². The summed E-state index contributed by atoms with van der Waals surface area (Å²) in [6.07, 6.45) is 0. The molecule has 0 aromatic rings. The number of carboxylic acid groups (broad SMARTS) is 1. The third-order valence-electron chi connectivity index (χ3n) is 2.82. The Bertz CT molecular complexity index is 292. The van der Waals surface area contributed by atoms with E-state index in [1.54, 1.807) is 4.90 Å². The number of hydrogen-bond acceptors (Lipinski definition) is 5. The third-order valence-corrected chi connectivity index (χ3v) is 2.82. The van der Waals surface area contributed by atoms with Crippen LogP contribution in [0.4, 0.5) is 4.79 Å². The van der Waals surface area contributed by atoms with Crippen LogP contribution in [0.5, 0.6) is 0 Å². The molecule has 0 aliphatic carbocycles. The Morgan fingerprint density at radius 1 is 1.21 bits per heavy atom. The van der Waals surface area contributed by atoms with E-state index in [0.29, 0.717) is 26.2 Å². The van der Waals surface area contributed by atoms with E-state index in [1.165, 1.54) is 0 Å². The topological polar surface area (TPSA) is 102 Å². The smallest absolute Gasteiger partial charge is 0.329 e. The van der Waals surface area contributed by atoms with Crippen molar-refractivity contribution in [2.24, 2.45) is 0 Å². The van der Waals surface area contributed by atoms with Gasteiger partial charge in [0, 0.05) is 39.3 Å². The number of amides is 2. The highest BCUT2D eigenvalue weighted by Crippen LogP contribution is 2.01. The van der Waals surface area contributed by atoms with Crippen molar-refractivity contribution in [2.45, 2.75) is 0 Å². The molecule has 0 saturated carbocycles. The first kappa shape index (κ1) is 15.7. The van der Waals surface area contributed by atoms with Crippen molar-refractivity contribution in [3.8, 4) is 0 Å². The fraction of sp³-hybridized carbons (Fsp3) is 0.818.